The minimum Gasteiger partial charge on any atom is -0.480 e. The van der Waals surface area contributed by atoms with E-state index in [1.165, 1.54) is 6.20 Å². The number of aromatic nitrogens is 1. The number of carboxylic acid groups (broad SMARTS) is 1. The van der Waals surface area contributed by atoms with Gasteiger partial charge >= 0.3 is 5.97 Å². The van der Waals surface area contributed by atoms with Crippen LogP contribution in [0, 0.1) is 0 Å². The molecule has 2 aromatic heterocycles. The van der Waals surface area contributed by atoms with Gasteiger partial charge in [-0.3, -0.25) is 9.59 Å². The van der Waals surface area contributed by atoms with Gasteiger partial charge in [0.05, 0.1) is 33.6 Å². The van der Waals surface area contributed by atoms with Crippen LogP contribution in [0.15, 0.2) is 59.3 Å². The summed E-state index contributed by atoms with van der Waals surface area (Å²) >= 11 is 13.2. The number of benzene rings is 2. The van der Waals surface area contributed by atoms with Crippen molar-refractivity contribution < 1.29 is 32.3 Å². The number of rotatable bonds is 9. The predicted molar refractivity (Wildman–Crippen MR) is 157 cm³/mol. The number of hydrogen-bond acceptors (Lipinski definition) is 6. The molecule has 13 heteroatoms. The summed E-state index contributed by atoms with van der Waals surface area (Å²) in [4.78, 5) is 40.0. The van der Waals surface area contributed by atoms with Crippen molar-refractivity contribution in [3.63, 3.8) is 0 Å². The first-order valence-electron chi connectivity index (χ1n) is 13.1. The molecule has 1 aliphatic heterocycles. The van der Waals surface area contributed by atoms with Crippen LogP contribution < -0.4 is 5.32 Å². The zero-order valence-electron chi connectivity index (χ0n) is 22.5. The first kappa shape index (κ1) is 29.7. The normalized spacial score (nSPS) is 14.0. The van der Waals surface area contributed by atoms with E-state index in [9.17, 15) is 27.9 Å². The van der Waals surface area contributed by atoms with Crippen LogP contribution in [0.3, 0.4) is 0 Å². The van der Waals surface area contributed by atoms with E-state index in [2.05, 4.69) is 5.32 Å². The van der Waals surface area contributed by atoms with Gasteiger partial charge in [0.1, 0.15) is 11.8 Å². The minimum atomic E-state index is -3.66. The first-order valence-corrected chi connectivity index (χ1v) is 15.7. The van der Waals surface area contributed by atoms with Crippen LogP contribution in [0.1, 0.15) is 39.2 Å². The lowest BCUT2D eigenvalue weighted by atomic mass is 9.96. The van der Waals surface area contributed by atoms with Crippen LogP contribution in [0.5, 0.6) is 0 Å². The van der Waals surface area contributed by atoms with Gasteiger partial charge in [0.2, 0.25) is 15.9 Å². The van der Waals surface area contributed by atoms with Crippen LogP contribution in [-0.2, 0) is 45.4 Å². The Labute approximate surface area is 251 Å². The van der Waals surface area contributed by atoms with E-state index in [1.54, 1.807) is 47.6 Å². The second-order valence-electron chi connectivity index (χ2n) is 10.1. The first-order chi connectivity index (χ1) is 19.9. The van der Waals surface area contributed by atoms with E-state index in [4.69, 9.17) is 27.6 Å². The van der Waals surface area contributed by atoms with E-state index in [0.717, 1.165) is 16.0 Å². The largest absolute Gasteiger partial charge is 0.480 e. The molecule has 220 valence electrons. The zero-order chi connectivity index (χ0) is 30.2. The third-order valence-electron chi connectivity index (χ3n) is 7.30. The molecule has 0 fully saturated rings. The molecule has 0 saturated heterocycles. The summed E-state index contributed by atoms with van der Waals surface area (Å²) in [5, 5.41) is 13.1. The molecule has 5 rings (SSSR count). The highest BCUT2D eigenvalue weighted by atomic mass is 35.5. The molecule has 0 radical (unpaired) electrons. The predicted octanol–water partition coefficient (Wildman–Crippen LogP) is 4.29. The molecule has 0 unspecified atom stereocenters. The number of halogens is 2. The molecular formula is C29H27Cl2N3O7S. The highest BCUT2D eigenvalue weighted by molar-refractivity contribution is 7.89. The van der Waals surface area contributed by atoms with Crippen molar-refractivity contribution >= 4 is 61.9 Å². The van der Waals surface area contributed by atoms with Crippen molar-refractivity contribution in [3.8, 4) is 0 Å². The second kappa shape index (κ2) is 11.8. The molecule has 2 N–H and O–H groups in total. The molecule has 0 bridgehead atoms. The van der Waals surface area contributed by atoms with E-state index < -0.39 is 27.9 Å². The average Bonchev–Trinajstić information content (AvgIpc) is 3.59. The van der Waals surface area contributed by atoms with E-state index in [0.29, 0.717) is 47.0 Å². The SMILES string of the molecule is CS(=O)(=O)n1cc(C[C@H](NC(=O)c2c(Cl)cc3c(c2Cl)CCN(C(=O)CCc2ccco2)C3)C(=O)O)c2ccccc21. The maximum Gasteiger partial charge on any atom is 0.326 e. The monoisotopic (exact) mass is 631 g/mol. The summed E-state index contributed by atoms with van der Waals surface area (Å²) < 4.78 is 31.0. The quantitative estimate of drug-likeness (QED) is 0.281. The van der Waals surface area contributed by atoms with E-state index >= 15 is 0 Å². The fourth-order valence-corrected chi connectivity index (χ4v) is 6.82. The Bertz CT molecular complexity index is 1800. The Balaban J connectivity index is 1.34. The number of aryl methyl sites for hydroxylation is 1. The number of nitrogens with one attached hydrogen (secondary N) is 1. The van der Waals surface area contributed by atoms with Crippen LogP contribution in [0.25, 0.3) is 10.9 Å². The molecule has 42 heavy (non-hydrogen) atoms. The average molecular weight is 633 g/mol. The number of carbonyl (C=O) groups excluding carboxylic acids is 2. The second-order valence-corrected chi connectivity index (χ2v) is 12.8. The Morgan fingerprint density at radius 2 is 1.90 bits per heavy atom. The number of carbonyl (C=O) groups is 3. The standard InChI is InChI=1S/C29H27Cl2N3O7S/c1-42(39,40)34-16-18(20-6-2-3-7-24(20)34)14-23(29(37)38)32-28(36)26-22(30)13-17-15-33(11-10-21(17)27(26)31)25(35)9-8-19-5-4-12-41-19/h2-7,12-13,16,23H,8-11,14-15H2,1H3,(H,32,36)(H,37,38)/t23-/m0/s1. The zero-order valence-corrected chi connectivity index (χ0v) is 24.8. The molecule has 0 spiro atoms. The summed E-state index contributed by atoms with van der Waals surface area (Å²) in [5.74, 6) is -1.41. The van der Waals surface area contributed by atoms with Gasteiger partial charge < -0.3 is 19.7 Å². The van der Waals surface area contributed by atoms with Crippen molar-refractivity contribution in [2.24, 2.45) is 0 Å². The Morgan fingerprint density at radius 3 is 2.60 bits per heavy atom. The fourth-order valence-electron chi connectivity index (χ4n) is 5.22. The van der Waals surface area contributed by atoms with E-state index in [-0.39, 0.29) is 40.9 Å². The third-order valence-corrected chi connectivity index (χ3v) is 9.03. The van der Waals surface area contributed by atoms with Gasteiger partial charge in [-0.1, -0.05) is 41.4 Å². The summed E-state index contributed by atoms with van der Waals surface area (Å²) in [5.41, 5.74) is 2.16. The van der Waals surface area contributed by atoms with Crippen molar-refractivity contribution in [2.75, 3.05) is 12.8 Å². The fraction of sp³-hybridized carbons (Fsp3) is 0.276. The topological polar surface area (TPSA) is 139 Å². The third kappa shape index (κ3) is 6.04. The molecule has 0 saturated carbocycles. The van der Waals surface area contributed by atoms with Crippen molar-refractivity contribution in [1.82, 2.24) is 14.2 Å². The number of fused-ring (bicyclic) bond motifs is 2. The highest BCUT2D eigenvalue weighted by Crippen LogP contribution is 2.35. The van der Waals surface area contributed by atoms with Crippen LogP contribution in [0.4, 0.5) is 0 Å². The number of amides is 2. The molecule has 4 aromatic rings. The molecule has 3 heterocycles. The lowest BCUT2D eigenvalue weighted by Crippen LogP contribution is -2.42. The lowest BCUT2D eigenvalue weighted by Gasteiger charge is -2.30. The molecule has 2 aromatic carbocycles. The van der Waals surface area contributed by atoms with Gasteiger partial charge in [0.15, 0.2) is 0 Å². The van der Waals surface area contributed by atoms with Crippen LogP contribution in [-0.4, -0.2) is 59.0 Å². The highest BCUT2D eigenvalue weighted by Gasteiger charge is 2.30. The summed E-state index contributed by atoms with van der Waals surface area (Å²) in [7, 11) is -3.66. The maximum atomic E-state index is 13.4. The molecule has 1 aliphatic rings. The Morgan fingerprint density at radius 1 is 1.14 bits per heavy atom. The number of aliphatic carboxylic acids is 1. The Hall–Kier alpha value is -3.80. The minimum absolute atomic E-state index is 0.0268. The molecule has 2 amide bonds. The number of nitrogens with zero attached hydrogens (tertiary/aromatic N) is 2. The summed E-state index contributed by atoms with van der Waals surface area (Å²) in [6, 6.07) is 10.5. The lowest BCUT2D eigenvalue weighted by molar-refractivity contribution is -0.139. The van der Waals surface area contributed by atoms with Crippen LogP contribution in [0.2, 0.25) is 10.0 Å². The van der Waals surface area contributed by atoms with Crippen molar-refractivity contribution in [3.05, 3.63) is 93.0 Å². The Kier molecular flexibility index (Phi) is 8.36. The van der Waals surface area contributed by atoms with Gasteiger partial charge in [0.25, 0.3) is 5.91 Å². The number of carboxylic acids is 1. The van der Waals surface area contributed by atoms with Crippen LogP contribution >= 0.6 is 23.2 Å². The maximum absolute atomic E-state index is 13.4. The van der Waals surface area contributed by atoms with Gasteiger partial charge in [-0.2, -0.15) is 0 Å². The van der Waals surface area contributed by atoms with Gasteiger partial charge in [-0.25, -0.2) is 17.2 Å². The molecular weight excluding hydrogens is 605 g/mol. The number of furan rings is 1. The van der Waals surface area contributed by atoms with E-state index in [1.807, 2.05) is 6.07 Å². The molecule has 1 atom stereocenters. The molecule has 10 nitrogen and oxygen atoms in total. The van der Waals surface area contributed by atoms with Crippen molar-refractivity contribution in [1.29, 1.82) is 0 Å². The van der Waals surface area contributed by atoms with Gasteiger partial charge in [-0.05, 0) is 47.4 Å². The number of para-hydroxylation sites is 1. The smallest absolute Gasteiger partial charge is 0.326 e. The summed E-state index contributed by atoms with van der Waals surface area (Å²) in [6.45, 7) is 0.671. The van der Waals surface area contributed by atoms with Crippen molar-refractivity contribution in [2.45, 2.75) is 38.3 Å². The van der Waals surface area contributed by atoms with Gasteiger partial charge in [0, 0.05) is 43.9 Å². The summed E-state index contributed by atoms with van der Waals surface area (Å²) in [6.07, 6.45) is 4.95. The van der Waals surface area contributed by atoms with Gasteiger partial charge in [-0.15, -0.1) is 0 Å². The number of hydrogen-bond donors (Lipinski definition) is 2. The molecule has 0 aliphatic carbocycles.